The van der Waals surface area contributed by atoms with E-state index in [1.54, 1.807) is 6.20 Å². The number of nitrogens with zero attached hydrogens (tertiary/aromatic N) is 1. The molecule has 0 saturated carbocycles. The largest absolute Gasteiger partial charge is 0.387 e. The number of hydrogen-bond acceptors (Lipinski definition) is 2. The Kier molecular flexibility index (Phi) is 4.08. The number of aryl methyl sites for hydroxylation is 1. The number of hydrogen-bond donors (Lipinski definition) is 1. The Morgan fingerprint density at radius 3 is 2.64 bits per heavy atom. The highest BCUT2D eigenvalue weighted by Gasteiger charge is 2.09. The molecule has 1 atom stereocenters. The molecule has 0 aliphatic carbocycles. The lowest BCUT2D eigenvalue weighted by molar-refractivity contribution is 0.154. The molecular formula is C12H19NO. The summed E-state index contributed by atoms with van der Waals surface area (Å²) in [7, 11) is 0. The topological polar surface area (TPSA) is 33.1 Å². The first-order valence-electron chi connectivity index (χ1n) is 5.20. The van der Waals surface area contributed by atoms with E-state index in [4.69, 9.17) is 0 Å². The minimum atomic E-state index is -0.405. The van der Waals surface area contributed by atoms with E-state index in [1.807, 2.05) is 19.1 Å². The summed E-state index contributed by atoms with van der Waals surface area (Å²) in [6.45, 7) is 6.34. The van der Waals surface area contributed by atoms with Crippen molar-refractivity contribution in [3.8, 4) is 0 Å². The van der Waals surface area contributed by atoms with E-state index < -0.39 is 6.10 Å². The van der Waals surface area contributed by atoms with Crippen molar-refractivity contribution >= 4 is 0 Å². The summed E-state index contributed by atoms with van der Waals surface area (Å²) in [6, 6.07) is 3.89. The average molecular weight is 193 g/mol. The highest BCUT2D eigenvalue weighted by Crippen LogP contribution is 2.19. The van der Waals surface area contributed by atoms with Crippen LogP contribution < -0.4 is 0 Å². The van der Waals surface area contributed by atoms with Crippen LogP contribution in [0.15, 0.2) is 18.3 Å². The van der Waals surface area contributed by atoms with Crippen molar-refractivity contribution in [1.82, 2.24) is 4.98 Å². The molecule has 1 heterocycles. The lowest BCUT2D eigenvalue weighted by Crippen LogP contribution is -2.02. The molecule has 0 aliphatic heterocycles. The third-order valence-corrected chi connectivity index (χ3v) is 2.30. The molecular weight excluding hydrogens is 174 g/mol. The molecule has 14 heavy (non-hydrogen) atoms. The van der Waals surface area contributed by atoms with Gasteiger partial charge in [0.25, 0.3) is 0 Å². The fourth-order valence-corrected chi connectivity index (χ4v) is 1.38. The summed E-state index contributed by atoms with van der Waals surface area (Å²) >= 11 is 0. The van der Waals surface area contributed by atoms with Crippen molar-refractivity contribution in [3.05, 3.63) is 29.6 Å². The first kappa shape index (κ1) is 11.2. The van der Waals surface area contributed by atoms with Crippen molar-refractivity contribution in [3.63, 3.8) is 0 Å². The van der Waals surface area contributed by atoms with Gasteiger partial charge < -0.3 is 5.11 Å². The predicted molar refractivity (Wildman–Crippen MR) is 58.0 cm³/mol. The van der Waals surface area contributed by atoms with Gasteiger partial charge in [-0.1, -0.05) is 13.8 Å². The van der Waals surface area contributed by atoms with Crippen LogP contribution in [0.2, 0.25) is 0 Å². The second kappa shape index (κ2) is 5.11. The Morgan fingerprint density at radius 1 is 1.36 bits per heavy atom. The van der Waals surface area contributed by atoms with Gasteiger partial charge in [0.05, 0.1) is 11.8 Å². The maximum Gasteiger partial charge on any atom is 0.0959 e. The van der Waals surface area contributed by atoms with Crippen LogP contribution in [0.3, 0.4) is 0 Å². The first-order valence-corrected chi connectivity index (χ1v) is 5.20. The van der Waals surface area contributed by atoms with Crippen molar-refractivity contribution in [2.24, 2.45) is 5.92 Å². The molecule has 1 rings (SSSR count). The van der Waals surface area contributed by atoms with Crippen molar-refractivity contribution in [2.45, 2.75) is 39.7 Å². The number of aromatic nitrogens is 1. The summed E-state index contributed by atoms with van der Waals surface area (Å²) in [5.41, 5.74) is 1.95. The predicted octanol–water partition coefficient (Wildman–Crippen LogP) is 2.86. The van der Waals surface area contributed by atoms with Crippen LogP contribution in [0.25, 0.3) is 0 Å². The summed E-state index contributed by atoms with van der Waals surface area (Å²) < 4.78 is 0. The van der Waals surface area contributed by atoms with E-state index in [9.17, 15) is 5.11 Å². The molecule has 1 aromatic rings. The molecule has 1 aromatic heterocycles. The van der Waals surface area contributed by atoms with Gasteiger partial charge >= 0.3 is 0 Å². The lowest BCUT2D eigenvalue weighted by Gasteiger charge is -2.11. The monoisotopic (exact) mass is 193 g/mol. The molecule has 1 N–H and O–H groups in total. The van der Waals surface area contributed by atoms with Gasteiger partial charge in [-0.3, -0.25) is 4.98 Å². The fourth-order valence-electron chi connectivity index (χ4n) is 1.38. The Hall–Kier alpha value is -0.890. The number of rotatable bonds is 4. The molecule has 0 saturated heterocycles. The molecule has 0 radical (unpaired) electrons. The smallest absolute Gasteiger partial charge is 0.0959 e. The molecule has 78 valence electrons. The van der Waals surface area contributed by atoms with Gasteiger partial charge in [0.15, 0.2) is 0 Å². The summed E-state index contributed by atoms with van der Waals surface area (Å²) in [6.07, 6.45) is 3.19. The van der Waals surface area contributed by atoms with E-state index in [0.717, 1.165) is 24.1 Å². The van der Waals surface area contributed by atoms with Gasteiger partial charge in [-0.05, 0) is 43.4 Å². The Morgan fingerprint density at radius 2 is 2.07 bits per heavy atom. The Bertz CT molecular complexity index is 283. The molecule has 2 heteroatoms. The van der Waals surface area contributed by atoms with Crippen LogP contribution in [0, 0.1) is 12.8 Å². The zero-order chi connectivity index (χ0) is 10.6. The normalized spacial score (nSPS) is 13.2. The summed E-state index contributed by atoms with van der Waals surface area (Å²) in [4.78, 5) is 4.17. The van der Waals surface area contributed by atoms with E-state index in [0.29, 0.717) is 5.92 Å². The fraction of sp³-hybridized carbons (Fsp3) is 0.583. The highest BCUT2D eigenvalue weighted by atomic mass is 16.3. The lowest BCUT2D eigenvalue weighted by atomic mass is 10.0. The van der Waals surface area contributed by atoms with Crippen molar-refractivity contribution in [2.75, 3.05) is 0 Å². The number of aliphatic hydroxyl groups excluding tert-OH is 1. The maximum atomic E-state index is 9.83. The van der Waals surface area contributed by atoms with Gasteiger partial charge in [0.2, 0.25) is 0 Å². The van der Waals surface area contributed by atoms with E-state index in [1.165, 1.54) is 0 Å². The SMILES string of the molecule is Cc1ccnc(C(O)CCC(C)C)c1. The molecule has 0 fully saturated rings. The first-order chi connectivity index (χ1) is 6.59. The second-order valence-electron chi connectivity index (χ2n) is 4.25. The molecule has 2 nitrogen and oxygen atoms in total. The van der Waals surface area contributed by atoms with Crippen molar-refractivity contribution in [1.29, 1.82) is 0 Å². The van der Waals surface area contributed by atoms with Gasteiger partial charge in [0, 0.05) is 6.20 Å². The summed E-state index contributed by atoms with van der Waals surface area (Å²) in [5.74, 6) is 0.634. The highest BCUT2D eigenvalue weighted by molar-refractivity contribution is 5.15. The molecule has 0 aliphatic rings. The summed E-state index contributed by atoms with van der Waals surface area (Å²) in [5, 5.41) is 9.83. The average Bonchev–Trinajstić information content (AvgIpc) is 2.14. The molecule has 1 unspecified atom stereocenters. The van der Waals surface area contributed by atoms with Crippen molar-refractivity contribution < 1.29 is 5.11 Å². The quantitative estimate of drug-likeness (QED) is 0.797. The minimum Gasteiger partial charge on any atom is -0.387 e. The van der Waals surface area contributed by atoms with E-state index >= 15 is 0 Å². The standard InChI is InChI=1S/C12H19NO/c1-9(2)4-5-12(14)11-8-10(3)6-7-13-11/h6-9,12,14H,4-5H2,1-3H3. The van der Waals surface area contributed by atoms with Gasteiger partial charge in [-0.25, -0.2) is 0 Å². The van der Waals surface area contributed by atoms with E-state index in [-0.39, 0.29) is 0 Å². The third-order valence-electron chi connectivity index (χ3n) is 2.30. The maximum absolute atomic E-state index is 9.83. The number of pyridine rings is 1. The minimum absolute atomic E-state index is 0.405. The van der Waals surface area contributed by atoms with Gasteiger partial charge in [0.1, 0.15) is 0 Å². The number of aliphatic hydroxyl groups is 1. The second-order valence-corrected chi connectivity index (χ2v) is 4.25. The Labute approximate surface area is 86.0 Å². The van der Waals surface area contributed by atoms with Gasteiger partial charge in [-0.2, -0.15) is 0 Å². The third kappa shape index (κ3) is 3.46. The van der Waals surface area contributed by atoms with Crippen LogP contribution in [-0.2, 0) is 0 Å². The molecule has 0 spiro atoms. The van der Waals surface area contributed by atoms with Crippen LogP contribution in [0.4, 0.5) is 0 Å². The van der Waals surface area contributed by atoms with Crippen LogP contribution in [0.1, 0.15) is 44.1 Å². The zero-order valence-corrected chi connectivity index (χ0v) is 9.20. The van der Waals surface area contributed by atoms with E-state index in [2.05, 4.69) is 18.8 Å². The molecule has 0 bridgehead atoms. The van der Waals surface area contributed by atoms with Crippen LogP contribution in [0.5, 0.6) is 0 Å². The molecule has 0 amide bonds. The molecule has 0 aromatic carbocycles. The Balaban J connectivity index is 2.56. The van der Waals surface area contributed by atoms with Gasteiger partial charge in [-0.15, -0.1) is 0 Å². The van der Waals surface area contributed by atoms with Crippen LogP contribution in [-0.4, -0.2) is 10.1 Å². The zero-order valence-electron chi connectivity index (χ0n) is 9.20. The van der Waals surface area contributed by atoms with Crippen LogP contribution >= 0.6 is 0 Å².